The smallest absolute Gasteiger partial charge is 0.422 e. The van der Waals surface area contributed by atoms with Gasteiger partial charge in [-0.2, -0.15) is 13.2 Å². The number of unbranched alkanes of at least 4 members (excludes halogenated alkanes) is 2. The first kappa shape index (κ1) is 26.4. The minimum atomic E-state index is -4.60. The highest BCUT2D eigenvalue weighted by molar-refractivity contribution is 5.89. The van der Waals surface area contributed by atoms with Crippen LogP contribution in [0.1, 0.15) is 69.8 Å². The van der Waals surface area contributed by atoms with Gasteiger partial charge in [-0.15, -0.1) is 0 Å². The Labute approximate surface area is 207 Å². The second-order valence-electron chi connectivity index (χ2n) is 9.79. The highest BCUT2D eigenvalue weighted by Gasteiger charge is 2.29. The van der Waals surface area contributed by atoms with Crippen LogP contribution in [0.5, 0.6) is 5.75 Å². The molecule has 1 aliphatic carbocycles. The van der Waals surface area contributed by atoms with Crippen LogP contribution in [0.4, 0.5) is 26.3 Å². The molecule has 0 aliphatic heterocycles. The Morgan fingerprint density at radius 3 is 2.19 bits per heavy atom. The third-order valence-electron chi connectivity index (χ3n) is 7.20. The van der Waals surface area contributed by atoms with E-state index in [9.17, 15) is 17.6 Å². The van der Waals surface area contributed by atoms with Crippen LogP contribution in [-0.2, 0) is 0 Å². The van der Waals surface area contributed by atoms with Crippen LogP contribution in [0.15, 0.2) is 42.5 Å². The molecule has 0 amide bonds. The highest BCUT2D eigenvalue weighted by atomic mass is 19.4. The summed E-state index contributed by atoms with van der Waals surface area (Å²) in [5.41, 5.74) is 0.692. The number of alkyl halides is 3. The minimum Gasteiger partial charge on any atom is -0.481 e. The van der Waals surface area contributed by atoms with E-state index in [0.717, 1.165) is 31.7 Å². The summed E-state index contributed by atoms with van der Waals surface area (Å²) >= 11 is 0. The normalized spacial score (nSPS) is 18.5. The van der Waals surface area contributed by atoms with E-state index in [0.29, 0.717) is 16.9 Å². The number of hydrogen-bond acceptors (Lipinski definition) is 1. The van der Waals surface area contributed by atoms with Gasteiger partial charge in [0, 0.05) is 5.39 Å². The number of ether oxygens (including phenoxy) is 1. The average Bonchev–Trinajstić information content (AvgIpc) is 2.83. The number of benzene rings is 3. The van der Waals surface area contributed by atoms with E-state index in [-0.39, 0.29) is 22.4 Å². The van der Waals surface area contributed by atoms with Crippen molar-refractivity contribution in [2.24, 2.45) is 5.92 Å². The molecule has 0 radical (unpaired) electrons. The predicted octanol–water partition coefficient (Wildman–Crippen LogP) is 9.72. The first-order valence-electron chi connectivity index (χ1n) is 12.6. The molecule has 7 heteroatoms. The topological polar surface area (TPSA) is 9.23 Å². The first-order chi connectivity index (χ1) is 17.2. The second-order valence-corrected chi connectivity index (χ2v) is 9.79. The van der Waals surface area contributed by atoms with Crippen molar-refractivity contribution in [3.8, 4) is 16.9 Å². The molecule has 0 saturated heterocycles. The quantitative estimate of drug-likeness (QED) is 0.217. The molecule has 0 heterocycles. The second kappa shape index (κ2) is 11.1. The molecule has 0 atom stereocenters. The Balaban J connectivity index is 1.52. The van der Waals surface area contributed by atoms with Crippen LogP contribution in [0.25, 0.3) is 21.9 Å². The molecule has 36 heavy (non-hydrogen) atoms. The Hall–Kier alpha value is -2.70. The lowest BCUT2D eigenvalue weighted by Gasteiger charge is -2.29. The standard InChI is InChI=1S/C29H30F6O/c1-2-3-4-5-18-6-8-19(9-7-18)22-15-24(30)27(25(31)16-22)21-10-12-23-20(14-21)11-13-26(28(23)32)36-17-29(33,34)35/h10-16,18-19H,2-9,17H2,1H3. The number of rotatable bonds is 8. The summed E-state index contributed by atoms with van der Waals surface area (Å²) in [6.07, 6.45) is 4.29. The maximum absolute atomic E-state index is 15.1. The van der Waals surface area contributed by atoms with Crippen LogP contribution in [0.3, 0.4) is 0 Å². The molecule has 1 saturated carbocycles. The van der Waals surface area contributed by atoms with E-state index in [2.05, 4.69) is 11.7 Å². The third kappa shape index (κ3) is 6.16. The largest absolute Gasteiger partial charge is 0.481 e. The molecule has 1 nitrogen and oxygen atoms in total. The van der Waals surface area contributed by atoms with Gasteiger partial charge in [0.1, 0.15) is 11.6 Å². The molecule has 1 aliphatic rings. The third-order valence-corrected chi connectivity index (χ3v) is 7.20. The zero-order valence-electron chi connectivity index (χ0n) is 20.2. The molecule has 3 aromatic carbocycles. The van der Waals surface area contributed by atoms with Crippen LogP contribution < -0.4 is 4.74 Å². The molecule has 1 fully saturated rings. The van der Waals surface area contributed by atoms with Crippen molar-refractivity contribution in [2.45, 2.75) is 70.4 Å². The minimum absolute atomic E-state index is 0.00607. The summed E-state index contributed by atoms with van der Waals surface area (Å²) in [4.78, 5) is 0. The lowest BCUT2D eigenvalue weighted by atomic mass is 9.76. The lowest BCUT2D eigenvalue weighted by molar-refractivity contribution is -0.153. The first-order valence-corrected chi connectivity index (χ1v) is 12.6. The van der Waals surface area contributed by atoms with Gasteiger partial charge < -0.3 is 4.74 Å². The van der Waals surface area contributed by atoms with Gasteiger partial charge in [-0.25, -0.2) is 13.2 Å². The molecule has 0 unspecified atom stereocenters. The van der Waals surface area contributed by atoms with E-state index < -0.39 is 36.0 Å². The fraction of sp³-hybridized carbons (Fsp3) is 0.448. The zero-order valence-corrected chi connectivity index (χ0v) is 20.2. The molecule has 0 N–H and O–H groups in total. The fourth-order valence-corrected chi connectivity index (χ4v) is 5.27. The van der Waals surface area contributed by atoms with Crippen LogP contribution in [-0.4, -0.2) is 12.8 Å². The summed E-state index contributed by atoms with van der Waals surface area (Å²) in [5.74, 6) is -2.02. The summed E-state index contributed by atoms with van der Waals surface area (Å²) in [6.45, 7) is 0.574. The maximum Gasteiger partial charge on any atom is 0.422 e. The maximum atomic E-state index is 15.1. The molecule has 0 aromatic heterocycles. The van der Waals surface area contributed by atoms with Crippen molar-refractivity contribution in [2.75, 3.05) is 6.61 Å². The van der Waals surface area contributed by atoms with Crippen molar-refractivity contribution in [3.05, 3.63) is 65.5 Å². The van der Waals surface area contributed by atoms with Gasteiger partial charge in [-0.05, 0) is 78.3 Å². The van der Waals surface area contributed by atoms with Crippen molar-refractivity contribution >= 4 is 10.8 Å². The van der Waals surface area contributed by atoms with Crippen molar-refractivity contribution in [3.63, 3.8) is 0 Å². The van der Waals surface area contributed by atoms with Gasteiger partial charge >= 0.3 is 6.18 Å². The highest BCUT2D eigenvalue weighted by Crippen LogP contribution is 2.40. The van der Waals surface area contributed by atoms with Gasteiger partial charge in [-0.3, -0.25) is 0 Å². The SMILES string of the molecule is CCCCCC1CCC(c2cc(F)c(-c3ccc4c(F)c(OCC(F)(F)F)ccc4c3)c(F)c2)CC1. The van der Waals surface area contributed by atoms with Crippen molar-refractivity contribution in [1.29, 1.82) is 0 Å². The molecule has 0 bridgehead atoms. The van der Waals surface area contributed by atoms with E-state index in [4.69, 9.17) is 0 Å². The van der Waals surface area contributed by atoms with Crippen LogP contribution in [0, 0.1) is 23.4 Å². The molecule has 0 spiro atoms. The van der Waals surface area contributed by atoms with Crippen molar-refractivity contribution < 1.29 is 31.1 Å². The van der Waals surface area contributed by atoms with Crippen LogP contribution >= 0.6 is 0 Å². The van der Waals surface area contributed by atoms with E-state index in [1.54, 1.807) is 0 Å². The fourth-order valence-electron chi connectivity index (χ4n) is 5.27. The molecular weight excluding hydrogens is 478 g/mol. The van der Waals surface area contributed by atoms with Gasteiger partial charge in [-0.1, -0.05) is 50.8 Å². The zero-order chi connectivity index (χ0) is 25.9. The number of halogens is 6. The Morgan fingerprint density at radius 2 is 1.56 bits per heavy atom. The summed E-state index contributed by atoms with van der Waals surface area (Å²) in [5, 5.41) is 0.306. The average molecular weight is 509 g/mol. The molecular formula is C29H30F6O. The van der Waals surface area contributed by atoms with Gasteiger partial charge in [0.25, 0.3) is 0 Å². The molecule has 3 aromatic rings. The summed E-state index contributed by atoms with van der Waals surface area (Å²) in [6, 6.07) is 9.35. The van der Waals surface area contributed by atoms with E-state index >= 15 is 8.78 Å². The van der Waals surface area contributed by atoms with E-state index in [1.807, 2.05) is 0 Å². The number of hydrogen-bond donors (Lipinski definition) is 0. The summed E-state index contributed by atoms with van der Waals surface area (Å²) < 4.78 is 86.7. The number of fused-ring (bicyclic) bond motifs is 1. The summed E-state index contributed by atoms with van der Waals surface area (Å²) in [7, 11) is 0. The van der Waals surface area contributed by atoms with E-state index in [1.165, 1.54) is 62.1 Å². The molecule has 194 valence electrons. The van der Waals surface area contributed by atoms with Crippen molar-refractivity contribution in [1.82, 2.24) is 0 Å². The monoisotopic (exact) mass is 508 g/mol. The van der Waals surface area contributed by atoms with Gasteiger partial charge in [0.2, 0.25) is 0 Å². The Bertz CT molecular complexity index is 1170. The molecule has 4 rings (SSSR count). The lowest BCUT2D eigenvalue weighted by Crippen LogP contribution is -2.19. The van der Waals surface area contributed by atoms with Gasteiger partial charge in [0.05, 0.1) is 5.56 Å². The van der Waals surface area contributed by atoms with Crippen LogP contribution in [0.2, 0.25) is 0 Å². The Kier molecular flexibility index (Phi) is 8.16. The predicted molar refractivity (Wildman–Crippen MR) is 130 cm³/mol. The Morgan fingerprint density at radius 1 is 0.861 bits per heavy atom. The van der Waals surface area contributed by atoms with Gasteiger partial charge in [0.15, 0.2) is 18.2 Å².